The number of hydrogen-bond acceptors (Lipinski definition) is 6. The van der Waals surface area contributed by atoms with Crippen molar-refractivity contribution in [1.29, 1.82) is 0 Å². The fraction of sp³-hybridized carbons (Fsp3) is 0.400. The summed E-state index contributed by atoms with van der Waals surface area (Å²) in [6.45, 7) is -0.978. The minimum absolute atomic E-state index is 0.0656. The molecule has 34 heavy (non-hydrogen) atoms. The van der Waals surface area contributed by atoms with E-state index >= 15 is 0 Å². The number of aromatic nitrogens is 1. The molecule has 1 fully saturated rings. The molecule has 7 nitrogen and oxygen atoms in total. The third-order valence-corrected chi connectivity index (χ3v) is 7.71. The number of anilines is 2. The van der Waals surface area contributed by atoms with Crippen molar-refractivity contribution >= 4 is 38.8 Å². The van der Waals surface area contributed by atoms with E-state index in [0.29, 0.717) is 0 Å². The Morgan fingerprint density at radius 1 is 1.18 bits per heavy atom. The number of pyridine rings is 1. The summed E-state index contributed by atoms with van der Waals surface area (Å²) in [5, 5.41) is -2.72. The predicted molar refractivity (Wildman–Crippen MR) is 113 cm³/mol. The van der Waals surface area contributed by atoms with Crippen LogP contribution in [0.25, 0.3) is 0 Å². The molecule has 184 valence electrons. The van der Waals surface area contributed by atoms with Crippen LogP contribution >= 0.6 is 11.6 Å². The first-order valence-electron chi connectivity index (χ1n) is 9.95. The second kappa shape index (κ2) is 8.93. The summed E-state index contributed by atoms with van der Waals surface area (Å²) in [5.74, 6) is -1.26. The minimum atomic E-state index is -5.10. The summed E-state index contributed by atoms with van der Waals surface area (Å²) in [7, 11) is -5.06. The number of carbonyl (C=O) groups excluding carboxylic acids is 1. The van der Waals surface area contributed by atoms with Gasteiger partial charge in [-0.15, -0.1) is 0 Å². The molecule has 4 rings (SSSR count). The second-order valence-corrected chi connectivity index (χ2v) is 9.95. The Labute approximate surface area is 196 Å². The smallest absolute Gasteiger partial charge is 0.378 e. The lowest BCUT2D eigenvalue weighted by atomic mass is 9.96. The normalized spacial score (nSPS) is 20.6. The van der Waals surface area contributed by atoms with Gasteiger partial charge in [-0.2, -0.15) is 13.2 Å². The molecule has 0 N–H and O–H groups in total. The van der Waals surface area contributed by atoms with Crippen molar-refractivity contribution in [2.45, 2.75) is 17.9 Å². The minimum Gasteiger partial charge on any atom is -0.378 e. The number of carbonyl (C=O) groups is 1. The molecule has 0 spiro atoms. The zero-order chi connectivity index (χ0) is 24.8. The van der Waals surface area contributed by atoms with Crippen molar-refractivity contribution < 1.29 is 39.9 Å². The second-order valence-electron chi connectivity index (χ2n) is 7.57. The molecule has 1 unspecified atom stereocenters. The fourth-order valence-electron chi connectivity index (χ4n) is 4.12. The summed E-state index contributed by atoms with van der Waals surface area (Å²) in [4.78, 5) is 18.4. The Balaban J connectivity index is 1.99. The number of Topliss-reactive ketones (excluding diaryl/α,β-unsaturated/α-hetero) is 1. The number of ether oxygens (including phenoxy) is 1. The average molecular weight is 526 g/mol. The van der Waals surface area contributed by atoms with Crippen LogP contribution in [0.15, 0.2) is 30.5 Å². The monoisotopic (exact) mass is 525 g/mol. The van der Waals surface area contributed by atoms with Gasteiger partial charge in [-0.3, -0.25) is 14.1 Å². The fourth-order valence-corrected chi connectivity index (χ4v) is 6.23. The van der Waals surface area contributed by atoms with Crippen molar-refractivity contribution in [1.82, 2.24) is 4.98 Å². The lowest BCUT2D eigenvalue weighted by Gasteiger charge is -2.36. The van der Waals surface area contributed by atoms with E-state index in [9.17, 15) is 35.2 Å². The molecule has 0 aliphatic carbocycles. The van der Waals surface area contributed by atoms with Gasteiger partial charge in [-0.1, -0.05) is 11.6 Å². The Bertz CT molecular complexity index is 1220. The highest BCUT2D eigenvalue weighted by molar-refractivity contribution is 7.94. The van der Waals surface area contributed by atoms with Gasteiger partial charge >= 0.3 is 6.18 Å². The van der Waals surface area contributed by atoms with E-state index in [4.69, 9.17) is 16.3 Å². The van der Waals surface area contributed by atoms with Crippen LogP contribution in [0.3, 0.4) is 0 Å². The molecule has 1 saturated heterocycles. The highest BCUT2D eigenvalue weighted by Gasteiger charge is 2.51. The number of sulfonamides is 1. The van der Waals surface area contributed by atoms with Gasteiger partial charge in [0.1, 0.15) is 5.69 Å². The van der Waals surface area contributed by atoms with Crippen LogP contribution < -0.4 is 9.21 Å². The van der Waals surface area contributed by atoms with Gasteiger partial charge in [0.2, 0.25) is 15.8 Å². The van der Waals surface area contributed by atoms with Crippen LogP contribution in [0.4, 0.5) is 33.3 Å². The maximum Gasteiger partial charge on any atom is 0.418 e. The Hall–Kier alpha value is -2.51. The molecule has 2 aliphatic rings. The van der Waals surface area contributed by atoms with Crippen molar-refractivity contribution in [2.75, 3.05) is 42.1 Å². The molecule has 0 amide bonds. The highest BCUT2D eigenvalue weighted by atomic mass is 35.5. The number of fused-ring (bicyclic) bond motifs is 1. The first kappa shape index (κ1) is 24.6. The first-order valence-corrected chi connectivity index (χ1v) is 11.8. The maximum atomic E-state index is 14.4. The molecule has 0 saturated carbocycles. The molecule has 0 radical (unpaired) electrons. The summed E-state index contributed by atoms with van der Waals surface area (Å²) in [5.41, 5.74) is -3.69. The van der Waals surface area contributed by atoms with Crippen molar-refractivity contribution in [3.8, 4) is 0 Å². The Morgan fingerprint density at radius 2 is 1.85 bits per heavy atom. The quantitative estimate of drug-likeness (QED) is 0.563. The van der Waals surface area contributed by atoms with Crippen LogP contribution in [-0.2, 0) is 20.9 Å². The molecule has 0 bridgehead atoms. The van der Waals surface area contributed by atoms with Gasteiger partial charge < -0.3 is 9.64 Å². The molecule has 2 aliphatic heterocycles. The number of morpholine rings is 1. The summed E-state index contributed by atoms with van der Waals surface area (Å²) >= 11 is 6.09. The molecule has 1 atom stereocenters. The number of rotatable bonds is 4. The number of alkyl halides is 5. The summed E-state index contributed by atoms with van der Waals surface area (Å²) in [6, 6.07) is 4.10. The predicted octanol–water partition coefficient (Wildman–Crippen LogP) is 3.93. The average Bonchev–Trinajstić information content (AvgIpc) is 2.76. The van der Waals surface area contributed by atoms with Gasteiger partial charge in [0.05, 0.1) is 36.7 Å². The van der Waals surface area contributed by atoms with Crippen molar-refractivity contribution in [2.24, 2.45) is 0 Å². The number of ketones is 1. The van der Waals surface area contributed by atoms with E-state index < -0.39 is 68.4 Å². The van der Waals surface area contributed by atoms with Crippen molar-refractivity contribution in [3.63, 3.8) is 0 Å². The van der Waals surface area contributed by atoms with Crippen LogP contribution in [0.2, 0.25) is 5.02 Å². The van der Waals surface area contributed by atoms with Gasteiger partial charge in [-0.05, 0) is 29.8 Å². The zero-order valence-corrected chi connectivity index (χ0v) is 18.8. The van der Waals surface area contributed by atoms with Gasteiger partial charge in [0.15, 0.2) is 5.25 Å². The van der Waals surface area contributed by atoms with Gasteiger partial charge in [0.25, 0.3) is 6.43 Å². The lowest BCUT2D eigenvalue weighted by molar-refractivity contribution is -0.137. The number of hydrogen-bond donors (Lipinski definition) is 0. The van der Waals surface area contributed by atoms with E-state index in [2.05, 4.69) is 4.98 Å². The topological polar surface area (TPSA) is 79.8 Å². The number of nitrogens with zero attached hydrogens (tertiary/aromatic N) is 3. The van der Waals surface area contributed by atoms with Crippen LogP contribution in [-0.4, -0.2) is 58.5 Å². The van der Waals surface area contributed by atoms with Crippen LogP contribution in [0.1, 0.15) is 26.9 Å². The molecule has 1 aromatic heterocycles. The molecular formula is C20H17ClF5N3O4S. The van der Waals surface area contributed by atoms with Gasteiger partial charge in [-0.25, -0.2) is 17.2 Å². The first-order chi connectivity index (χ1) is 15.9. The van der Waals surface area contributed by atoms with E-state index in [1.54, 1.807) is 0 Å². The van der Waals surface area contributed by atoms with E-state index in [-0.39, 0.29) is 35.6 Å². The Morgan fingerprint density at radius 3 is 2.47 bits per heavy atom. The zero-order valence-electron chi connectivity index (χ0n) is 17.2. The van der Waals surface area contributed by atoms with E-state index in [1.165, 1.54) is 11.0 Å². The molecule has 3 heterocycles. The van der Waals surface area contributed by atoms with Crippen molar-refractivity contribution in [3.05, 3.63) is 52.3 Å². The molecule has 1 aromatic carbocycles. The van der Waals surface area contributed by atoms with E-state index in [0.717, 1.165) is 24.4 Å². The number of halogens is 6. The lowest BCUT2D eigenvalue weighted by Crippen LogP contribution is -2.46. The summed E-state index contributed by atoms with van der Waals surface area (Å²) in [6.07, 6.45) is -7.14. The largest absolute Gasteiger partial charge is 0.418 e. The highest BCUT2D eigenvalue weighted by Crippen LogP contribution is 2.48. The SMILES string of the molecule is O=C1c2ncccc2N(CC(F)F)S(=O)(=O)C1c1cc(Cl)cc(N2CCOCC2)c1C(F)(F)F. The number of benzene rings is 1. The van der Waals surface area contributed by atoms with Crippen LogP contribution in [0, 0.1) is 0 Å². The standard InChI is InChI=1S/C20H17ClF5N3O4S/c21-11-8-12(16(20(24,25)26)14(9-11)28-4-6-33-7-5-28)19-18(30)17-13(2-1-3-27-17)29(10-15(22)23)34(19,31)32/h1-3,8-9,15,19H,4-7,10H2. The van der Waals surface area contributed by atoms with Gasteiger partial charge in [0, 0.05) is 24.3 Å². The molecule has 14 heteroatoms. The summed E-state index contributed by atoms with van der Waals surface area (Å²) < 4.78 is 102. The Kier molecular flexibility index (Phi) is 6.46. The molecule has 2 aromatic rings. The molecular weight excluding hydrogens is 509 g/mol. The third-order valence-electron chi connectivity index (χ3n) is 5.47. The van der Waals surface area contributed by atoms with Crippen LogP contribution in [0.5, 0.6) is 0 Å². The van der Waals surface area contributed by atoms with E-state index in [1.807, 2.05) is 0 Å². The third kappa shape index (κ3) is 4.31. The maximum absolute atomic E-state index is 14.4.